The van der Waals surface area contributed by atoms with Crippen molar-refractivity contribution in [3.8, 4) is 0 Å². The second-order valence-corrected chi connectivity index (χ2v) is 4.10. The van der Waals surface area contributed by atoms with Crippen LogP contribution in [0.4, 0.5) is 17.1 Å². The zero-order valence-electron chi connectivity index (χ0n) is 9.74. The molecule has 3 rings (SSSR count). The van der Waals surface area contributed by atoms with Crippen molar-refractivity contribution in [3.63, 3.8) is 0 Å². The summed E-state index contributed by atoms with van der Waals surface area (Å²) >= 11 is 0. The SMILES string of the molecule is ON1CC(Nc2ccccc2)=Nc2ccccc21. The maximum absolute atomic E-state index is 9.92. The van der Waals surface area contributed by atoms with Gasteiger partial charge in [0.25, 0.3) is 0 Å². The van der Waals surface area contributed by atoms with E-state index in [1.54, 1.807) is 0 Å². The van der Waals surface area contributed by atoms with Crippen molar-refractivity contribution in [2.45, 2.75) is 0 Å². The lowest BCUT2D eigenvalue weighted by molar-refractivity contribution is 0.269. The van der Waals surface area contributed by atoms with Gasteiger partial charge in [-0.25, -0.2) is 10.1 Å². The van der Waals surface area contributed by atoms with Gasteiger partial charge in [-0.15, -0.1) is 0 Å². The predicted octanol–water partition coefficient (Wildman–Crippen LogP) is 3.04. The Morgan fingerprint density at radius 1 is 1.00 bits per heavy atom. The first kappa shape index (κ1) is 10.8. The van der Waals surface area contributed by atoms with Crippen molar-refractivity contribution >= 4 is 22.9 Å². The minimum Gasteiger partial charge on any atom is -0.342 e. The van der Waals surface area contributed by atoms with Crippen molar-refractivity contribution in [3.05, 3.63) is 54.6 Å². The van der Waals surface area contributed by atoms with Gasteiger partial charge in [0.05, 0.1) is 11.4 Å². The quantitative estimate of drug-likeness (QED) is 0.804. The van der Waals surface area contributed by atoms with E-state index < -0.39 is 0 Å². The van der Waals surface area contributed by atoms with Gasteiger partial charge in [0.2, 0.25) is 0 Å². The molecule has 2 N–H and O–H groups in total. The number of anilines is 2. The van der Waals surface area contributed by atoms with E-state index in [1.165, 1.54) is 5.06 Å². The van der Waals surface area contributed by atoms with E-state index in [0.717, 1.165) is 22.9 Å². The van der Waals surface area contributed by atoms with Crippen molar-refractivity contribution in [1.29, 1.82) is 0 Å². The third-order valence-electron chi connectivity index (χ3n) is 2.78. The van der Waals surface area contributed by atoms with Crippen LogP contribution in [0, 0.1) is 0 Å². The van der Waals surface area contributed by atoms with Crippen molar-refractivity contribution in [2.24, 2.45) is 4.99 Å². The Balaban J connectivity index is 1.89. The summed E-state index contributed by atoms with van der Waals surface area (Å²) in [6.45, 7) is 0.353. The average Bonchev–Trinajstić information content (AvgIpc) is 2.40. The molecule has 2 aromatic carbocycles. The Hall–Kier alpha value is -2.33. The lowest BCUT2D eigenvalue weighted by atomic mass is 10.2. The molecule has 90 valence electrons. The second kappa shape index (κ2) is 4.50. The Morgan fingerprint density at radius 3 is 2.56 bits per heavy atom. The van der Waals surface area contributed by atoms with Gasteiger partial charge in [0.15, 0.2) is 0 Å². The number of para-hydroxylation sites is 3. The fourth-order valence-corrected chi connectivity index (χ4v) is 1.94. The molecule has 0 aromatic heterocycles. The highest BCUT2D eigenvalue weighted by molar-refractivity contribution is 6.02. The van der Waals surface area contributed by atoms with Crippen LogP contribution in [0.15, 0.2) is 59.6 Å². The summed E-state index contributed by atoms with van der Waals surface area (Å²) in [5, 5.41) is 14.3. The summed E-state index contributed by atoms with van der Waals surface area (Å²) in [6, 6.07) is 17.3. The molecule has 0 radical (unpaired) electrons. The van der Waals surface area contributed by atoms with Crippen LogP contribution < -0.4 is 10.4 Å². The van der Waals surface area contributed by atoms with Crippen LogP contribution >= 0.6 is 0 Å². The molecule has 18 heavy (non-hydrogen) atoms. The van der Waals surface area contributed by atoms with Gasteiger partial charge in [-0.3, -0.25) is 5.21 Å². The molecule has 0 unspecified atom stereocenters. The molecule has 0 aliphatic carbocycles. The number of hydrogen-bond acceptors (Lipinski definition) is 4. The van der Waals surface area contributed by atoms with Crippen LogP contribution in [0.3, 0.4) is 0 Å². The number of amidine groups is 1. The third-order valence-corrected chi connectivity index (χ3v) is 2.78. The molecule has 0 bridgehead atoms. The topological polar surface area (TPSA) is 47.9 Å². The first-order valence-corrected chi connectivity index (χ1v) is 5.78. The molecule has 0 amide bonds. The summed E-state index contributed by atoms with van der Waals surface area (Å²) in [6.07, 6.45) is 0. The summed E-state index contributed by atoms with van der Waals surface area (Å²) in [4.78, 5) is 4.49. The Labute approximate surface area is 105 Å². The molecule has 0 spiro atoms. The minimum absolute atomic E-state index is 0.353. The lowest BCUT2D eigenvalue weighted by Crippen LogP contribution is -2.33. The van der Waals surface area contributed by atoms with Gasteiger partial charge in [0.1, 0.15) is 12.4 Å². The molecule has 0 saturated heterocycles. The van der Waals surface area contributed by atoms with E-state index in [2.05, 4.69) is 10.3 Å². The van der Waals surface area contributed by atoms with Crippen LogP contribution in [0.25, 0.3) is 0 Å². The molecule has 4 heteroatoms. The number of benzene rings is 2. The fourth-order valence-electron chi connectivity index (χ4n) is 1.94. The minimum atomic E-state index is 0.353. The Bertz CT molecular complexity index is 581. The van der Waals surface area contributed by atoms with Gasteiger partial charge >= 0.3 is 0 Å². The highest BCUT2D eigenvalue weighted by atomic mass is 16.5. The van der Waals surface area contributed by atoms with Gasteiger partial charge in [0, 0.05) is 5.69 Å². The molecular weight excluding hydrogens is 226 g/mol. The maximum Gasteiger partial charge on any atom is 0.129 e. The number of aliphatic imine (C=N–C) groups is 1. The molecule has 2 aromatic rings. The molecule has 1 aliphatic rings. The number of nitrogens with one attached hydrogen (secondary N) is 1. The number of rotatable bonds is 1. The van der Waals surface area contributed by atoms with Crippen LogP contribution in [0.5, 0.6) is 0 Å². The maximum atomic E-state index is 9.92. The monoisotopic (exact) mass is 239 g/mol. The molecule has 1 heterocycles. The standard InChI is InChI=1S/C14H13N3O/c18-17-10-14(15-11-6-2-1-3-7-11)16-12-8-4-5-9-13(12)17/h1-9,18H,10H2,(H,15,16). The van der Waals surface area contributed by atoms with E-state index >= 15 is 0 Å². The van der Waals surface area contributed by atoms with E-state index in [0.29, 0.717) is 6.54 Å². The summed E-state index contributed by atoms with van der Waals surface area (Å²) in [5.41, 5.74) is 2.46. The van der Waals surface area contributed by atoms with Crippen LogP contribution in [-0.2, 0) is 0 Å². The molecular formula is C14H13N3O. The average molecular weight is 239 g/mol. The largest absolute Gasteiger partial charge is 0.342 e. The summed E-state index contributed by atoms with van der Waals surface area (Å²) < 4.78 is 0. The smallest absolute Gasteiger partial charge is 0.129 e. The van der Waals surface area contributed by atoms with Gasteiger partial charge in [-0.05, 0) is 24.3 Å². The number of nitrogens with zero attached hydrogens (tertiary/aromatic N) is 2. The van der Waals surface area contributed by atoms with Crippen LogP contribution in [-0.4, -0.2) is 17.6 Å². The van der Waals surface area contributed by atoms with Gasteiger partial charge < -0.3 is 5.32 Å². The second-order valence-electron chi connectivity index (χ2n) is 4.10. The number of hydrogen-bond donors (Lipinski definition) is 2. The summed E-state index contributed by atoms with van der Waals surface area (Å²) in [5.74, 6) is 0.724. The fraction of sp³-hybridized carbons (Fsp3) is 0.0714. The Morgan fingerprint density at radius 2 is 1.72 bits per heavy atom. The highest BCUT2D eigenvalue weighted by Gasteiger charge is 2.17. The number of hydroxylamine groups is 1. The van der Waals surface area contributed by atoms with E-state index in [1.807, 2.05) is 54.6 Å². The van der Waals surface area contributed by atoms with Gasteiger partial charge in [-0.1, -0.05) is 30.3 Å². The zero-order valence-corrected chi connectivity index (χ0v) is 9.74. The molecule has 0 saturated carbocycles. The van der Waals surface area contributed by atoms with Crippen molar-refractivity contribution in [2.75, 3.05) is 16.9 Å². The predicted molar refractivity (Wildman–Crippen MR) is 72.7 cm³/mol. The van der Waals surface area contributed by atoms with E-state index in [9.17, 15) is 5.21 Å². The van der Waals surface area contributed by atoms with Crippen molar-refractivity contribution < 1.29 is 5.21 Å². The molecule has 0 fully saturated rings. The zero-order chi connectivity index (χ0) is 12.4. The van der Waals surface area contributed by atoms with Crippen LogP contribution in [0.2, 0.25) is 0 Å². The third kappa shape index (κ3) is 2.06. The Kier molecular flexibility index (Phi) is 2.70. The number of fused-ring (bicyclic) bond motifs is 1. The summed E-state index contributed by atoms with van der Waals surface area (Å²) in [7, 11) is 0. The normalized spacial score (nSPS) is 13.8. The lowest BCUT2D eigenvalue weighted by Gasteiger charge is -2.24. The van der Waals surface area contributed by atoms with E-state index in [-0.39, 0.29) is 0 Å². The van der Waals surface area contributed by atoms with Gasteiger partial charge in [-0.2, -0.15) is 0 Å². The molecule has 1 aliphatic heterocycles. The highest BCUT2D eigenvalue weighted by Crippen LogP contribution is 2.30. The molecule has 0 atom stereocenters. The first-order valence-electron chi connectivity index (χ1n) is 5.78. The molecule has 4 nitrogen and oxygen atoms in total. The van der Waals surface area contributed by atoms with Crippen molar-refractivity contribution in [1.82, 2.24) is 0 Å². The van der Waals surface area contributed by atoms with Crippen LogP contribution in [0.1, 0.15) is 0 Å². The first-order chi connectivity index (χ1) is 8.83. The van der Waals surface area contributed by atoms with E-state index in [4.69, 9.17) is 0 Å².